The molecule has 114 valence electrons. The van der Waals surface area contributed by atoms with Crippen molar-refractivity contribution in [3.8, 4) is 11.5 Å². The van der Waals surface area contributed by atoms with Crippen LogP contribution >= 0.6 is 0 Å². The molecule has 0 radical (unpaired) electrons. The van der Waals surface area contributed by atoms with Gasteiger partial charge in [0, 0.05) is 11.4 Å². The SMILES string of the molecule is Cc1cc(C)nc(NC(N)=NCc2ccc3c(c2)OCO3)n1. The second kappa shape index (κ2) is 5.88. The molecule has 0 amide bonds. The van der Waals surface area contributed by atoms with E-state index in [-0.39, 0.29) is 12.8 Å². The summed E-state index contributed by atoms with van der Waals surface area (Å²) in [6.45, 7) is 4.50. The highest BCUT2D eigenvalue weighted by Gasteiger charge is 2.12. The Kier molecular flexibility index (Phi) is 3.78. The van der Waals surface area contributed by atoms with Crippen LogP contribution in [0.5, 0.6) is 11.5 Å². The summed E-state index contributed by atoms with van der Waals surface area (Å²) in [5, 5.41) is 2.90. The van der Waals surface area contributed by atoms with Crippen molar-refractivity contribution >= 4 is 11.9 Å². The van der Waals surface area contributed by atoms with E-state index < -0.39 is 0 Å². The van der Waals surface area contributed by atoms with Crippen LogP contribution in [0.15, 0.2) is 29.3 Å². The van der Waals surface area contributed by atoms with Gasteiger partial charge in [-0.1, -0.05) is 6.07 Å². The summed E-state index contributed by atoms with van der Waals surface area (Å²) in [6, 6.07) is 7.58. The van der Waals surface area contributed by atoms with Crippen molar-refractivity contribution in [1.82, 2.24) is 9.97 Å². The minimum Gasteiger partial charge on any atom is -0.454 e. The van der Waals surface area contributed by atoms with Gasteiger partial charge in [-0.2, -0.15) is 0 Å². The quantitative estimate of drug-likeness (QED) is 0.662. The summed E-state index contributed by atoms with van der Waals surface area (Å²) in [7, 11) is 0. The highest BCUT2D eigenvalue weighted by atomic mass is 16.7. The lowest BCUT2D eigenvalue weighted by atomic mass is 10.2. The van der Waals surface area contributed by atoms with E-state index in [2.05, 4.69) is 20.3 Å². The Hall–Kier alpha value is -2.83. The number of hydrogen-bond acceptors (Lipinski definition) is 5. The highest BCUT2D eigenvalue weighted by Crippen LogP contribution is 2.32. The minimum atomic E-state index is 0.260. The molecule has 3 N–H and O–H groups in total. The molecule has 7 nitrogen and oxygen atoms in total. The molecule has 2 heterocycles. The number of ether oxygens (including phenoxy) is 2. The molecule has 0 spiro atoms. The number of benzene rings is 1. The van der Waals surface area contributed by atoms with Crippen molar-refractivity contribution < 1.29 is 9.47 Å². The van der Waals surface area contributed by atoms with Crippen molar-refractivity contribution in [2.75, 3.05) is 12.1 Å². The van der Waals surface area contributed by atoms with E-state index in [1.54, 1.807) is 0 Å². The number of nitrogens with one attached hydrogen (secondary N) is 1. The molecule has 0 saturated carbocycles. The Morgan fingerprint density at radius 2 is 1.91 bits per heavy atom. The Balaban J connectivity index is 1.67. The number of aryl methyl sites for hydroxylation is 2. The maximum atomic E-state index is 5.87. The summed E-state index contributed by atoms with van der Waals surface area (Å²) in [4.78, 5) is 12.8. The van der Waals surface area contributed by atoms with Gasteiger partial charge in [-0.05, 0) is 37.6 Å². The molecule has 1 aromatic carbocycles. The minimum absolute atomic E-state index is 0.260. The van der Waals surface area contributed by atoms with Crippen molar-refractivity contribution in [1.29, 1.82) is 0 Å². The van der Waals surface area contributed by atoms with E-state index >= 15 is 0 Å². The molecule has 0 atom stereocenters. The second-order valence-electron chi connectivity index (χ2n) is 4.99. The predicted octanol–water partition coefficient (Wildman–Crippen LogP) is 1.75. The molecule has 7 heteroatoms. The lowest BCUT2D eigenvalue weighted by Gasteiger charge is -2.06. The van der Waals surface area contributed by atoms with Crippen LogP contribution in [-0.2, 0) is 6.54 Å². The van der Waals surface area contributed by atoms with Crippen LogP contribution in [0.25, 0.3) is 0 Å². The van der Waals surface area contributed by atoms with Gasteiger partial charge >= 0.3 is 0 Å². The van der Waals surface area contributed by atoms with Crippen LogP contribution in [0.4, 0.5) is 5.95 Å². The van der Waals surface area contributed by atoms with Gasteiger partial charge in [-0.25, -0.2) is 15.0 Å². The molecule has 3 rings (SSSR count). The molecule has 0 saturated heterocycles. The number of anilines is 1. The van der Waals surface area contributed by atoms with E-state index in [0.29, 0.717) is 12.5 Å². The van der Waals surface area contributed by atoms with Gasteiger partial charge in [0.2, 0.25) is 12.7 Å². The fraction of sp³-hybridized carbons (Fsp3) is 0.267. The molecule has 2 aromatic rings. The molecule has 1 aromatic heterocycles. The second-order valence-corrected chi connectivity index (χ2v) is 4.99. The highest BCUT2D eigenvalue weighted by molar-refractivity contribution is 5.90. The normalized spacial score (nSPS) is 13.3. The number of nitrogens with two attached hydrogens (primary N) is 1. The molecule has 22 heavy (non-hydrogen) atoms. The zero-order valence-electron chi connectivity index (χ0n) is 12.5. The Bertz CT molecular complexity index is 710. The molecular weight excluding hydrogens is 282 g/mol. The van der Waals surface area contributed by atoms with Crippen LogP contribution < -0.4 is 20.5 Å². The number of guanidine groups is 1. The molecule has 0 aliphatic carbocycles. The monoisotopic (exact) mass is 299 g/mol. The van der Waals surface area contributed by atoms with Gasteiger partial charge in [-0.15, -0.1) is 0 Å². The number of rotatable bonds is 3. The fourth-order valence-electron chi connectivity index (χ4n) is 2.15. The van der Waals surface area contributed by atoms with Crippen molar-refractivity contribution in [3.05, 3.63) is 41.2 Å². The van der Waals surface area contributed by atoms with Gasteiger partial charge < -0.3 is 15.2 Å². The molecule has 1 aliphatic heterocycles. The third-order valence-electron chi connectivity index (χ3n) is 3.09. The third kappa shape index (κ3) is 3.25. The summed E-state index contributed by atoms with van der Waals surface area (Å²) < 4.78 is 10.6. The number of fused-ring (bicyclic) bond motifs is 1. The Morgan fingerprint density at radius 3 is 2.68 bits per heavy atom. The Labute approximate surface area is 128 Å². The van der Waals surface area contributed by atoms with E-state index in [9.17, 15) is 0 Å². The average molecular weight is 299 g/mol. The van der Waals surface area contributed by atoms with Crippen molar-refractivity contribution in [2.45, 2.75) is 20.4 Å². The summed E-state index contributed by atoms with van der Waals surface area (Å²) in [5.41, 5.74) is 8.60. The molecule has 0 unspecified atom stereocenters. The number of nitrogens with zero attached hydrogens (tertiary/aromatic N) is 3. The largest absolute Gasteiger partial charge is 0.454 e. The first kappa shape index (κ1) is 14.1. The zero-order valence-corrected chi connectivity index (χ0v) is 12.5. The van der Waals surface area contributed by atoms with Gasteiger partial charge in [0.05, 0.1) is 6.54 Å². The molecule has 1 aliphatic rings. The standard InChI is InChI=1S/C15H17N5O2/c1-9-5-10(2)19-15(18-9)20-14(16)17-7-11-3-4-12-13(6-11)22-8-21-12/h3-6H,7-8H2,1-2H3,(H3,16,17,18,19,20). The molecule has 0 bridgehead atoms. The molecule has 0 fully saturated rings. The van der Waals surface area contributed by atoms with Crippen LogP contribution in [0.1, 0.15) is 17.0 Å². The third-order valence-corrected chi connectivity index (χ3v) is 3.09. The summed E-state index contributed by atoms with van der Waals surface area (Å²) in [5.74, 6) is 2.20. The van der Waals surface area contributed by atoms with Crippen LogP contribution in [0, 0.1) is 13.8 Å². The summed E-state index contributed by atoms with van der Waals surface area (Å²) in [6.07, 6.45) is 0. The fourth-order valence-corrected chi connectivity index (χ4v) is 2.15. The van der Waals surface area contributed by atoms with E-state index in [1.165, 1.54) is 0 Å². The van der Waals surface area contributed by atoms with E-state index in [0.717, 1.165) is 28.5 Å². The van der Waals surface area contributed by atoms with Gasteiger partial charge in [0.25, 0.3) is 0 Å². The summed E-state index contributed by atoms with van der Waals surface area (Å²) >= 11 is 0. The Morgan fingerprint density at radius 1 is 1.18 bits per heavy atom. The lowest BCUT2D eigenvalue weighted by Crippen LogP contribution is -2.24. The first-order chi connectivity index (χ1) is 10.6. The topological polar surface area (TPSA) is 94.7 Å². The van der Waals surface area contributed by atoms with E-state index in [4.69, 9.17) is 15.2 Å². The van der Waals surface area contributed by atoms with Crippen molar-refractivity contribution in [3.63, 3.8) is 0 Å². The number of hydrogen-bond donors (Lipinski definition) is 2. The predicted molar refractivity (Wildman–Crippen MR) is 83.0 cm³/mol. The van der Waals surface area contributed by atoms with Crippen molar-refractivity contribution in [2.24, 2.45) is 10.7 Å². The van der Waals surface area contributed by atoms with Gasteiger partial charge in [0.15, 0.2) is 17.5 Å². The maximum absolute atomic E-state index is 5.87. The van der Waals surface area contributed by atoms with Crippen LogP contribution in [-0.4, -0.2) is 22.7 Å². The van der Waals surface area contributed by atoms with E-state index in [1.807, 2.05) is 38.1 Å². The van der Waals surface area contributed by atoms with Gasteiger partial charge in [-0.3, -0.25) is 5.32 Å². The number of aliphatic imine (C=N–C) groups is 1. The van der Waals surface area contributed by atoms with Crippen LogP contribution in [0.2, 0.25) is 0 Å². The smallest absolute Gasteiger partial charge is 0.231 e. The molecular formula is C15H17N5O2. The van der Waals surface area contributed by atoms with Gasteiger partial charge in [0.1, 0.15) is 0 Å². The maximum Gasteiger partial charge on any atom is 0.231 e. The first-order valence-corrected chi connectivity index (χ1v) is 6.88. The average Bonchev–Trinajstić information content (AvgIpc) is 2.91. The lowest BCUT2D eigenvalue weighted by molar-refractivity contribution is 0.174. The number of aromatic nitrogens is 2. The first-order valence-electron chi connectivity index (χ1n) is 6.88. The zero-order chi connectivity index (χ0) is 15.5. The van der Waals surface area contributed by atoms with Crippen LogP contribution in [0.3, 0.4) is 0 Å².